The number of aromatic nitrogens is 2. The van der Waals surface area contributed by atoms with Gasteiger partial charge in [0.1, 0.15) is 11.4 Å². The average Bonchev–Trinajstić information content (AvgIpc) is 2.38. The third-order valence-electron chi connectivity index (χ3n) is 4.72. The number of hydrogen-bond donors (Lipinski definition) is 1. The number of ether oxygens (including phenoxy) is 1. The molecule has 1 saturated carbocycles. The van der Waals surface area contributed by atoms with Crippen LogP contribution in [0.15, 0.2) is 6.07 Å². The van der Waals surface area contributed by atoms with E-state index >= 15 is 0 Å². The van der Waals surface area contributed by atoms with Crippen molar-refractivity contribution in [2.75, 3.05) is 12.8 Å². The van der Waals surface area contributed by atoms with Crippen LogP contribution in [0.25, 0.3) is 0 Å². The van der Waals surface area contributed by atoms with E-state index in [4.69, 9.17) is 15.5 Å². The molecule has 1 fully saturated rings. The van der Waals surface area contributed by atoms with E-state index in [0.717, 1.165) is 37.2 Å². The maximum absolute atomic E-state index is 6.02. The Bertz CT molecular complexity index is 507. The van der Waals surface area contributed by atoms with E-state index in [1.54, 1.807) is 7.11 Å². The first-order chi connectivity index (χ1) is 9.58. The zero-order valence-corrected chi connectivity index (χ0v) is 14.3. The number of nitrogens with zero attached hydrogens (tertiary/aromatic N) is 2. The summed E-state index contributed by atoms with van der Waals surface area (Å²) < 4.78 is 5.90. The van der Waals surface area contributed by atoms with Crippen LogP contribution in [0.3, 0.4) is 0 Å². The van der Waals surface area contributed by atoms with Gasteiger partial charge in [0.15, 0.2) is 5.82 Å². The molecule has 0 aliphatic heterocycles. The van der Waals surface area contributed by atoms with Crippen LogP contribution in [0.4, 0.5) is 5.82 Å². The summed E-state index contributed by atoms with van der Waals surface area (Å²) >= 11 is 0. The molecular formula is C17H29N3O. The van der Waals surface area contributed by atoms with E-state index in [1.807, 2.05) is 6.07 Å². The number of nitrogen functional groups attached to an aromatic ring is 1. The fraction of sp³-hybridized carbons (Fsp3) is 0.765. The third-order valence-corrected chi connectivity index (χ3v) is 4.72. The summed E-state index contributed by atoms with van der Waals surface area (Å²) in [5, 5.41) is 0. The van der Waals surface area contributed by atoms with Crippen molar-refractivity contribution in [3.05, 3.63) is 17.6 Å². The predicted molar refractivity (Wildman–Crippen MR) is 86.1 cm³/mol. The van der Waals surface area contributed by atoms with E-state index in [9.17, 15) is 0 Å². The quantitative estimate of drug-likeness (QED) is 0.900. The molecular weight excluding hydrogens is 262 g/mol. The van der Waals surface area contributed by atoms with E-state index in [0.29, 0.717) is 11.2 Å². The van der Waals surface area contributed by atoms with Gasteiger partial charge >= 0.3 is 0 Å². The monoisotopic (exact) mass is 291 g/mol. The van der Waals surface area contributed by atoms with Gasteiger partial charge < -0.3 is 10.5 Å². The zero-order chi connectivity index (χ0) is 15.9. The Labute approximate surface area is 128 Å². The first-order valence-electron chi connectivity index (χ1n) is 7.79. The van der Waals surface area contributed by atoms with Gasteiger partial charge in [-0.1, -0.05) is 34.6 Å². The number of nitrogens with two attached hydrogens (primary N) is 1. The molecule has 2 rings (SSSR count). The summed E-state index contributed by atoms with van der Waals surface area (Å²) in [6.07, 6.45) is 4.13. The number of methoxy groups -OCH3 is 1. The number of rotatable bonds is 2. The fourth-order valence-electron chi connectivity index (χ4n) is 2.90. The maximum Gasteiger partial charge on any atom is 0.162 e. The highest BCUT2D eigenvalue weighted by Crippen LogP contribution is 2.46. The SMILES string of the molecule is COC1(c2nc(N)cc(C(C)(C)C)n2)CCC(C)(C)CC1. The lowest BCUT2D eigenvalue weighted by molar-refractivity contribution is -0.0730. The number of anilines is 1. The van der Waals surface area contributed by atoms with Crippen LogP contribution in [0.2, 0.25) is 0 Å². The molecule has 2 N–H and O–H groups in total. The summed E-state index contributed by atoms with van der Waals surface area (Å²) in [4.78, 5) is 9.31. The van der Waals surface area contributed by atoms with Gasteiger partial charge in [0.25, 0.3) is 0 Å². The molecule has 0 amide bonds. The van der Waals surface area contributed by atoms with Gasteiger partial charge in [-0.2, -0.15) is 0 Å². The molecule has 1 aromatic rings. The average molecular weight is 291 g/mol. The van der Waals surface area contributed by atoms with Crippen molar-refractivity contribution in [2.24, 2.45) is 5.41 Å². The second-order valence-electron chi connectivity index (χ2n) is 8.11. The van der Waals surface area contributed by atoms with Gasteiger partial charge in [0, 0.05) is 18.6 Å². The van der Waals surface area contributed by atoms with Crippen molar-refractivity contribution in [3.8, 4) is 0 Å². The topological polar surface area (TPSA) is 61.0 Å². The third kappa shape index (κ3) is 3.37. The van der Waals surface area contributed by atoms with Gasteiger partial charge in [-0.25, -0.2) is 9.97 Å². The highest BCUT2D eigenvalue weighted by molar-refractivity contribution is 5.34. The summed E-state index contributed by atoms with van der Waals surface area (Å²) in [5.74, 6) is 1.29. The van der Waals surface area contributed by atoms with Gasteiger partial charge in [-0.3, -0.25) is 0 Å². The van der Waals surface area contributed by atoms with Gasteiger partial charge in [0.05, 0.1) is 5.69 Å². The normalized spacial score (nSPS) is 21.2. The Morgan fingerprint density at radius 3 is 2.14 bits per heavy atom. The lowest BCUT2D eigenvalue weighted by atomic mass is 9.70. The van der Waals surface area contributed by atoms with Crippen LogP contribution in [-0.4, -0.2) is 17.1 Å². The van der Waals surface area contributed by atoms with Crippen LogP contribution in [0.1, 0.15) is 71.8 Å². The minimum atomic E-state index is -0.384. The van der Waals surface area contributed by atoms with E-state index in [2.05, 4.69) is 39.6 Å². The largest absolute Gasteiger partial charge is 0.384 e. The van der Waals surface area contributed by atoms with Gasteiger partial charge in [-0.05, 0) is 31.1 Å². The highest BCUT2D eigenvalue weighted by atomic mass is 16.5. The van der Waals surface area contributed by atoms with Crippen LogP contribution in [0, 0.1) is 5.41 Å². The second kappa shape index (κ2) is 5.24. The van der Waals surface area contributed by atoms with Gasteiger partial charge in [0.2, 0.25) is 0 Å². The van der Waals surface area contributed by atoms with E-state index < -0.39 is 0 Å². The molecule has 1 aromatic heterocycles. The molecule has 4 heteroatoms. The molecule has 4 nitrogen and oxygen atoms in total. The Morgan fingerprint density at radius 2 is 1.67 bits per heavy atom. The van der Waals surface area contributed by atoms with Crippen LogP contribution < -0.4 is 5.73 Å². The Hall–Kier alpha value is -1.16. The molecule has 118 valence electrons. The maximum atomic E-state index is 6.02. The molecule has 1 aliphatic carbocycles. The summed E-state index contributed by atoms with van der Waals surface area (Å²) in [6.45, 7) is 11.0. The first-order valence-corrected chi connectivity index (χ1v) is 7.79. The zero-order valence-electron chi connectivity index (χ0n) is 14.3. The molecule has 0 spiro atoms. The van der Waals surface area contributed by atoms with Crippen molar-refractivity contribution in [3.63, 3.8) is 0 Å². The summed E-state index contributed by atoms with van der Waals surface area (Å²) in [5.41, 5.74) is 6.94. The Balaban J connectivity index is 2.42. The van der Waals surface area contributed by atoms with Crippen LogP contribution >= 0.6 is 0 Å². The van der Waals surface area contributed by atoms with Crippen molar-refractivity contribution in [1.82, 2.24) is 9.97 Å². The molecule has 21 heavy (non-hydrogen) atoms. The van der Waals surface area contributed by atoms with Crippen molar-refractivity contribution >= 4 is 5.82 Å². The fourth-order valence-corrected chi connectivity index (χ4v) is 2.90. The highest BCUT2D eigenvalue weighted by Gasteiger charge is 2.42. The minimum absolute atomic E-state index is 0.0469. The predicted octanol–water partition coefficient (Wildman–Crippen LogP) is 3.80. The van der Waals surface area contributed by atoms with Gasteiger partial charge in [-0.15, -0.1) is 0 Å². The molecule has 0 atom stereocenters. The molecule has 0 bridgehead atoms. The second-order valence-corrected chi connectivity index (χ2v) is 8.11. The smallest absolute Gasteiger partial charge is 0.162 e. The van der Waals surface area contributed by atoms with E-state index in [1.165, 1.54) is 0 Å². The lowest BCUT2D eigenvalue weighted by Crippen LogP contribution is -2.38. The van der Waals surface area contributed by atoms with Crippen molar-refractivity contribution in [2.45, 2.75) is 71.3 Å². The molecule has 1 aliphatic rings. The van der Waals surface area contributed by atoms with Crippen molar-refractivity contribution < 1.29 is 4.74 Å². The number of hydrogen-bond acceptors (Lipinski definition) is 4. The Kier molecular flexibility index (Phi) is 4.04. The summed E-state index contributed by atoms with van der Waals surface area (Å²) in [6, 6.07) is 1.87. The van der Waals surface area contributed by atoms with Crippen LogP contribution in [-0.2, 0) is 15.8 Å². The summed E-state index contributed by atoms with van der Waals surface area (Å²) in [7, 11) is 1.77. The Morgan fingerprint density at radius 1 is 1.10 bits per heavy atom. The lowest BCUT2D eigenvalue weighted by Gasteiger charge is -2.41. The minimum Gasteiger partial charge on any atom is -0.384 e. The molecule has 0 radical (unpaired) electrons. The first kappa shape index (κ1) is 16.2. The molecule has 0 saturated heterocycles. The molecule has 1 heterocycles. The standard InChI is InChI=1S/C17H29N3O/c1-15(2,3)12-11-13(18)20-14(19-12)17(21-6)9-7-16(4,5)8-10-17/h11H,7-10H2,1-6H3,(H2,18,19,20). The molecule has 0 aromatic carbocycles. The van der Waals surface area contributed by atoms with Crippen LogP contribution in [0.5, 0.6) is 0 Å². The van der Waals surface area contributed by atoms with E-state index in [-0.39, 0.29) is 11.0 Å². The van der Waals surface area contributed by atoms with Crippen molar-refractivity contribution in [1.29, 1.82) is 0 Å². The molecule has 0 unspecified atom stereocenters.